The lowest BCUT2D eigenvalue weighted by Gasteiger charge is -2.24. The van der Waals surface area contributed by atoms with Gasteiger partial charge in [-0.05, 0) is 26.8 Å². The van der Waals surface area contributed by atoms with Crippen molar-refractivity contribution < 1.29 is 9.53 Å². The van der Waals surface area contributed by atoms with Crippen LogP contribution in [0.15, 0.2) is 24.5 Å². The van der Waals surface area contributed by atoms with E-state index >= 15 is 0 Å². The molecular formula is C13H17N3O2. The maximum Gasteiger partial charge on any atom is 0.410 e. The second-order valence-electron chi connectivity index (χ2n) is 5.16. The van der Waals surface area contributed by atoms with E-state index in [1.807, 2.05) is 26.8 Å². The predicted octanol–water partition coefficient (Wildman–Crippen LogP) is 2.11. The van der Waals surface area contributed by atoms with Crippen LogP contribution in [0.3, 0.4) is 0 Å². The van der Waals surface area contributed by atoms with Crippen LogP contribution in [-0.4, -0.2) is 39.7 Å². The summed E-state index contributed by atoms with van der Waals surface area (Å²) in [7, 11) is 0. The van der Waals surface area contributed by atoms with Crippen molar-refractivity contribution in [1.29, 1.82) is 0 Å². The standard InChI is InChI=1S/C13H17N3O2/c1-13(2,3)18-12(17)16-8-5-10(9-16)11-14-6-4-7-15-11/h4-7H,8-9H2,1-3H3. The Hall–Kier alpha value is -1.91. The monoisotopic (exact) mass is 247 g/mol. The lowest BCUT2D eigenvalue weighted by atomic mass is 10.2. The fourth-order valence-corrected chi connectivity index (χ4v) is 1.65. The van der Waals surface area contributed by atoms with Crippen molar-refractivity contribution >= 4 is 11.7 Å². The fourth-order valence-electron chi connectivity index (χ4n) is 1.65. The first kappa shape index (κ1) is 12.5. The number of carbonyl (C=O) groups excluding carboxylic acids is 1. The summed E-state index contributed by atoms with van der Waals surface area (Å²) in [6, 6.07) is 1.77. The zero-order chi connectivity index (χ0) is 13.2. The molecule has 0 spiro atoms. The van der Waals surface area contributed by atoms with Gasteiger partial charge in [0.1, 0.15) is 5.60 Å². The zero-order valence-corrected chi connectivity index (χ0v) is 10.9. The molecule has 5 nitrogen and oxygen atoms in total. The van der Waals surface area contributed by atoms with Crippen LogP contribution < -0.4 is 0 Å². The predicted molar refractivity (Wildman–Crippen MR) is 67.8 cm³/mol. The first-order valence-corrected chi connectivity index (χ1v) is 5.90. The smallest absolute Gasteiger partial charge is 0.410 e. The summed E-state index contributed by atoms with van der Waals surface area (Å²) in [6.45, 7) is 6.61. The van der Waals surface area contributed by atoms with Crippen molar-refractivity contribution in [1.82, 2.24) is 14.9 Å². The van der Waals surface area contributed by atoms with E-state index < -0.39 is 5.60 Å². The molecule has 96 valence electrons. The molecule has 0 saturated carbocycles. The second-order valence-corrected chi connectivity index (χ2v) is 5.16. The largest absolute Gasteiger partial charge is 0.444 e. The van der Waals surface area contributed by atoms with E-state index in [4.69, 9.17) is 4.74 Å². The zero-order valence-electron chi connectivity index (χ0n) is 10.9. The summed E-state index contributed by atoms with van der Waals surface area (Å²) in [4.78, 5) is 21.8. The van der Waals surface area contributed by atoms with Gasteiger partial charge < -0.3 is 9.64 Å². The Morgan fingerprint density at radius 3 is 2.61 bits per heavy atom. The Labute approximate surface area is 106 Å². The van der Waals surface area contributed by atoms with Crippen molar-refractivity contribution in [2.45, 2.75) is 26.4 Å². The highest BCUT2D eigenvalue weighted by molar-refractivity contribution is 5.75. The van der Waals surface area contributed by atoms with Crippen LogP contribution in [0.2, 0.25) is 0 Å². The number of carbonyl (C=O) groups is 1. The lowest BCUT2D eigenvalue weighted by molar-refractivity contribution is 0.0306. The first-order valence-electron chi connectivity index (χ1n) is 5.90. The molecule has 18 heavy (non-hydrogen) atoms. The highest BCUT2D eigenvalue weighted by Gasteiger charge is 2.26. The summed E-state index contributed by atoms with van der Waals surface area (Å²) in [5.41, 5.74) is 0.491. The first-order chi connectivity index (χ1) is 8.46. The van der Waals surface area contributed by atoms with E-state index in [1.54, 1.807) is 23.4 Å². The maximum atomic E-state index is 11.9. The van der Waals surface area contributed by atoms with Crippen LogP contribution in [-0.2, 0) is 4.74 Å². The molecule has 0 radical (unpaired) electrons. The van der Waals surface area contributed by atoms with Crippen LogP contribution in [0.4, 0.5) is 4.79 Å². The van der Waals surface area contributed by atoms with Gasteiger partial charge in [0, 0.05) is 24.5 Å². The third-order valence-electron chi connectivity index (χ3n) is 2.42. The van der Waals surface area contributed by atoms with Gasteiger partial charge in [-0.15, -0.1) is 0 Å². The molecule has 0 N–H and O–H groups in total. The molecule has 2 rings (SSSR count). The number of ether oxygens (including phenoxy) is 1. The van der Waals surface area contributed by atoms with Crippen LogP contribution >= 0.6 is 0 Å². The van der Waals surface area contributed by atoms with Crippen LogP contribution in [0.1, 0.15) is 26.6 Å². The fraction of sp³-hybridized carbons (Fsp3) is 0.462. The third-order valence-corrected chi connectivity index (χ3v) is 2.42. The minimum Gasteiger partial charge on any atom is -0.444 e. The topological polar surface area (TPSA) is 55.3 Å². The molecule has 2 heterocycles. The van der Waals surface area contributed by atoms with E-state index in [9.17, 15) is 4.79 Å². The quantitative estimate of drug-likeness (QED) is 0.762. The van der Waals surface area contributed by atoms with Crippen molar-refractivity contribution in [3.8, 4) is 0 Å². The number of rotatable bonds is 1. The summed E-state index contributed by atoms with van der Waals surface area (Å²) < 4.78 is 5.32. The van der Waals surface area contributed by atoms with E-state index in [1.165, 1.54) is 0 Å². The minimum atomic E-state index is -0.469. The van der Waals surface area contributed by atoms with Gasteiger partial charge in [0.2, 0.25) is 0 Å². The molecule has 1 aliphatic heterocycles. The van der Waals surface area contributed by atoms with E-state index in [2.05, 4.69) is 9.97 Å². The SMILES string of the molecule is CC(C)(C)OC(=O)N1CC=C(c2ncccn2)C1. The normalized spacial score (nSPS) is 15.5. The molecule has 0 aromatic carbocycles. The molecule has 1 aromatic heterocycles. The number of nitrogens with zero attached hydrogens (tertiary/aromatic N) is 3. The summed E-state index contributed by atoms with van der Waals surface area (Å²) in [5.74, 6) is 0.670. The Balaban J connectivity index is 1.98. The molecule has 1 amide bonds. The molecule has 0 atom stereocenters. The maximum absolute atomic E-state index is 11.9. The summed E-state index contributed by atoms with van der Waals surface area (Å²) in [5, 5.41) is 0. The van der Waals surface area contributed by atoms with Crippen molar-refractivity contribution in [3.05, 3.63) is 30.4 Å². The van der Waals surface area contributed by atoms with Crippen LogP contribution in [0.25, 0.3) is 5.57 Å². The molecule has 1 aromatic rings. The van der Waals surface area contributed by atoms with Gasteiger partial charge in [-0.25, -0.2) is 14.8 Å². The van der Waals surface area contributed by atoms with Crippen LogP contribution in [0, 0.1) is 0 Å². The Morgan fingerprint density at radius 1 is 1.33 bits per heavy atom. The Kier molecular flexibility index (Phi) is 3.32. The second kappa shape index (κ2) is 4.76. The molecule has 0 unspecified atom stereocenters. The van der Waals surface area contributed by atoms with Gasteiger partial charge in [0.25, 0.3) is 0 Å². The average Bonchev–Trinajstić information content (AvgIpc) is 2.77. The van der Waals surface area contributed by atoms with Gasteiger partial charge in [-0.1, -0.05) is 6.08 Å². The van der Waals surface area contributed by atoms with Gasteiger partial charge in [-0.2, -0.15) is 0 Å². The van der Waals surface area contributed by atoms with E-state index in [0.717, 1.165) is 5.57 Å². The molecule has 0 bridgehead atoms. The molecule has 0 fully saturated rings. The summed E-state index contributed by atoms with van der Waals surface area (Å²) >= 11 is 0. The number of amides is 1. The number of aromatic nitrogens is 2. The average molecular weight is 247 g/mol. The summed E-state index contributed by atoms with van der Waals surface area (Å²) in [6.07, 6.45) is 5.04. The highest BCUT2D eigenvalue weighted by atomic mass is 16.6. The van der Waals surface area contributed by atoms with Gasteiger partial charge >= 0.3 is 6.09 Å². The van der Waals surface area contributed by atoms with E-state index in [-0.39, 0.29) is 6.09 Å². The van der Waals surface area contributed by atoms with Crippen molar-refractivity contribution in [3.63, 3.8) is 0 Å². The minimum absolute atomic E-state index is 0.301. The molecule has 0 aliphatic carbocycles. The third kappa shape index (κ3) is 3.06. The molecule has 0 saturated heterocycles. The van der Waals surface area contributed by atoms with Gasteiger partial charge in [0.15, 0.2) is 5.82 Å². The Morgan fingerprint density at radius 2 is 2.00 bits per heavy atom. The van der Waals surface area contributed by atoms with Crippen molar-refractivity contribution in [2.75, 3.05) is 13.1 Å². The molecular weight excluding hydrogens is 230 g/mol. The lowest BCUT2D eigenvalue weighted by Crippen LogP contribution is -2.35. The van der Waals surface area contributed by atoms with Gasteiger partial charge in [0.05, 0.1) is 6.54 Å². The number of hydrogen-bond acceptors (Lipinski definition) is 4. The van der Waals surface area contributed by atoms with Crippen molar-refractivity contribution in [2.24, 2.45) is 0 Å². The molecule has 1 aliphatic rings. The Bertz CT molecular complexity index is 463. The van der Waals surface area contributed by atoms with Crippen LogP contribution in [0.5, 0.6) is 0 Å². The van der Waals surface area contributed by atoms with Gasteiger partial charge in [-0.3, -0.25) is 0 Å². The number of hydrogen-bond donors (Lipinski definition) is 0. The highest BCUT2D eigenvalue weighted by Crippen LogP contribution is 2.19. The molecule has 5 heteroatoms. The van der Waals surface area contributed by atoms with E-state index in [0.29, 0.717) is 18.9 Å².